The normalized spacial score (nSPS) is 11.4. The van der Waals surface area contributed by atoms with E-state index in [1.807, 2.05) is 32.6 Å². The fourth-order valence-corrected chi connectivity index (χ4v) is 3.09. The maximum atomic E-state index is 12.3. The zero-order valence-electron chi connectivity index (χ0n) is 13.2. The lowest BCUT2D eigenvalue weighted by Gasteiger charge is -2.30. The van der Waals surface area contributed by atoms with Gasteiger partial charge >= 0.3 is 5.69 Å². The van der Waals surface area contributed by atoms with Crippen LogP contribution >= 0.6 is 11.8 Å². The van der Waals surface area contributed by atoms with Crippen molar-refractivity contribution in [3.05, 3.63) is 34.9 Å². The number of rotatable bonds is 5. The zero-order chi connectivity index (χ0) is 16.3. The number of amides is 1. The number of nitrogens with zero attached hydrogens (tertiary/aromatic N) is 4. The summed E-state index contributed by atoms with van der Waals surface area (Å²) in [6.07, 6.45) is 1.62. The molecule has 0 atom stereocenters. The first-order valence-corrected chi connectivity index (χ1v) is 8.18. The predicted molar refractivity (Wildman–Crippen MR) is 87.1 cm³/mol. The van der Waals surface area contributed by atoms with Crippen LogP contribution < -0.4 is 5.69 Å². The van der Waals surface area contributed by atoms with E-state index in [1.54, 1.807) is 24.4 Å². The van der Waals surface area contributed by atoms with Gasteiger partial charge < -0.3 is 4.90 Å². The molecule has 0 radical (unpaired) electrons. The third kappa shape index (κ3) is 3.65. The lowest BCUT2D eigenvalue weighted by Crippen LogP contribution is -2.43. The van der Waals surface area contributed by atoms with E-state index in [2.05, 4.69) is 9.97 Å². The van der Waals surface area contributed by atoms with E-state index in [-0.39, 0.29) is 29.4 Å². The van der Waals surface area contributed by atoms with Crippen molar-refractivity contribution in [3.8, 4) is 0 Å². The second kappa shape index (κ2) is 6.91. The Morgan fingerprint density at radius 2 is 1.91 bits per heavy atom. The minimum atomic E-state index is -0.384. The number of pyridine rings is 1. The van der Waals surface area contributed by atoms with Crippen molar-refractivity contribution in [1.82, 2.24) is 19.3 Å². The molecule has 0 fully saturated rings. The molecule has 118 valence electrons. The average Bonchev–Trinajstić information content (AvgIpc) is 2.44. The molecule has 0 saturated heterocycles. The van der Waals surface area contributed by atoms with Crippen molar-refractivity contribution < 1.29 is 4.79 Å². The highest BCUT2D eigenvalue weighted by atomic mass is 32.2. The van der Waals surface area contributed by atoms with Gasteiger partial charge in [0.15, 0.2) is 5.16 Å². The molecule has 7 heteroatoms. The number of hydrogen-bond acceptors (Lipinski definition) is 5. The van der Waals surface area contributed by atoms with E-state index in [9.17, 15) is 9.59 Å². The molecule has 0 aliphatic carbocycles. The van der Waals surface area contributed by atoms with Crippen molar-refractivity contribution in [2.45, 2.75) is 44.9 Å². The Morgan fingerprint density at radius 3 is 2.55 bits per heavy atom. The Kier molecular flexibility index (Phi) is 5.18. The fourth-order valence-electron chi connectivity index (χ4n) is 2.38. The molecule has 2 aromatic heterocycles. The molecule has 2 heterocycles. The molecule has 2 rings (SSSR count). The van der Waals surface area contributed by atoms with E-state index < -0.39 is 0 Å². The third-order valence-corrected chi connectivity index (χ3v) is 4.00. The van der Waals surface area contributed by atoms with Crippen molar-refractivity contribution in [2.24, 2.45) is 0 Å². The summed E-state index contributed by atoms with van der Waals surface area (Å²) in [7, 11) is 0. The largest absolute Gasteiger partial charge is 0.355 e. The molecule has 22 heavy (non-hydrogen) atoms. The maximum Gasteiger partial charge on any atom is 0.355 e. The topological polar surface area (TPSA) is 67.6 Å². The summed E-state index contributed by atoms with van der Waals surface area (Å²) in [5.41, 5.74) is 0.146. The minimum absolute atomic E-state index is 0.0202. The van der Waals surface area contributed by atoms with Gasteiger partial charge in [0.2, 0.25) is 5.91 Å². The van der Waals surface area contributed by atoms with Crippen molar-refractivity contribution in [2.75, 3.05) is 5.75 Å². The zero-order valence-corrected chi connectivity index (χ0v) is 14.0. The highest BCUT2D eigenvalue weighted by molar-refractivity contribution is 7.99. The lowest BCUT2D eigenvalue weighted by molar-refractivity contribution is -0.131. The van der Waals surface area contributed by atoms with E-state index in [1.165, 1.54) is 16.2 Å². The van der Waals surface area contributed by atoms with Crippen LogP contribution in [0.5, 0.6) is 0 Å². The first-order valence-electron chi connectivity index (χ1n) is 7.19. The second-order valence-corrected chi connectivity index (χ2v) is 6.44. The number of carbonyl (C=O) groups excluding carboxylic acids is 1. The molecule has 0 aliphatic rings. The summed E-state index contributed by atoms with van der Waals surface area (Å²) in [4.78, 5) is 34.2. The fraction of sp³-hybridized carbons (Fsp3) is 0.467. The molecule has 0 aromatic carbocycles. The Hall–Kier alpha value is -1.89. The van der Waals surface area contributed by atoms with E-state index in [4.69, 9.17) is 0 Å². The van der Waals surface area contributed by atoms with E-state index in [0.29, 0.717) is 10.8 Å². The second-order valence-electron chi connectivity index (χ2n) is 5.49. The molecule has 0 bridgehead atoms. The third-order valence-electron chi connectivity index (χ3n) is 3.17. The molecule has 0 unspecified atom stereocenters. The molecule has 0 N–H and O–H groups in total. The quantitative estimate of drug-likeness (QED) is 0.786. The number of fused-ring (bicyclic) bond motifs is 1. The van der Waals surface area contributed by atoms with Crippen LogP contribution in [0.3, 0.4) is 0 Å². The Balaban J connectivity index is 2.15. The summed E-state index contributed by atoms with van der Waals surface area (Å²) < 4.78 is 1.38. The van der Waals surface area contributed by atoms with Gasteiger partial charge in [-0.2, -0.15) is 4.98 Å². The molecule has 6 nitrogen and oxygen atoms in total. The van der Waals surface area contributed by atoms with Crippen molar-refractivity contribution >= 4 is 23.3 Å². The number of thioether (sulfide) groups is 1. The van der Waals surface area contributed by atoms with Gasteiger partial charge in [-0.3, -0.25) is 9.20 Å². The molecular weight excluding hydrogens is 300 g/mol. The van der Waals surface area contributed by atoms with Crippen LogP contribution in [0.1, 0.15) is 27.7 Å². The monoisotopic (exact) mass is 320 g/mol. The summed E-state index contributed by atoms with van der Waals surface area (Å²) in [5, 5.41) is 0.331. The van der Waals surface area contributed by atoms with Crippen molar-refractivity contribution in [3.63, 3.8) is 0 Å². The standard InChI is InChI=1S/C15H20N4O2S/c1-10(2)19(11(3)4)13(20)9-22-14-16-12-7-5-6-8-18(12)15(21)17-14/h5-8,10-11H,9H2,1-4H3. The summed E-state index contributed by atoms with van der Waals surface area (Å²) in [6, 6.07) is 5.56. The van der Waals surface area contributed by atoms with Gasteiger partial charge in [0, 0.05) is 18.3 Å². The average molecular weight is 320 g/mol. The van der Waals surface area contributed by atoms with Crippen LogP contribution in [0.2, 0.25) is 0 Å². The summed E-state index contributed by atoms with van der Waals surface area (Å²) in [6.45, 7) is 7.95. The van der Waals surface area contributed by atoms with Gasteiger partial charge in [-0.1, -0.05) is 17.8 Å². The van der Waals surface area contributed by atoms with Crippen LogP contribution in [0.4, 0.5) is 0 Å². The summed E-state index contributed by atoms with van der Waals surface area (Å²) in [5.74, 6) is 0.241. The van der Waals surface area contributed by atoms with Crippen LogP contribution in [0.25, 0.3) is 5.65 Å². The van der Waals surface area contributed by atoms with Crippen LogP contribution in [-0.4, -0.2) is 43.0 Å². The number of aromatic nitrogens is 3. The van der Waals surface area contributed by atoms with E-state index in [0.717, 1.165) is 0 Å². The Morgan fingerprint density at radius 1 is 1.23 bits per heavy atom. The number of hydrogen-bond donors (Lipinski definition) is 0. The molecule has 0 saturated carbocycles. The van der Waals surface area contributed by atoms with Gasteiger partial charge in [-0.15, -0.1) is 0 Å². The van der Waals surface area contributed by atoms with Crippen LogP contribution in [0.15, 0.2) is 34.3 Å². The maximum absolute atomic E-state index is 12.3. The van der Waals surface area contributed by atoms with Gasteiger partial charge in [-0.25, -0.2) is 9.78 Å². The molecule has 0 spiro atoms. The molecule has 1 amide bonds. The predicted octanol–water partition coefficient (Wildman–Crippen LogP) is 1.83. The van der Waals surface area contributed by atoms with Crippen LogP contribution in [0, 0.1) is 0 Å². The minimum Gasteiger partial charge on any atom is -0.337 e. The smallest absolute Gasteiger partial charge is 0.337 e. The SMILES string of the molecule is CC(C)N(C(=O)CSc1nc(=O)n2ccccc2n1)C(C)C. The molecule has 2 aromatic rings. The van der Waals surface area contributed by atoms with Gasteiger partial charge in [0.05, 0.1) is 5.75 Å². The van der Waals surface area contributed by atoms with Crippen LogP contribution in [-0.2, 0) is 4.79 Å². The highest BCUT2D eigenvalue weighted by Crippen LogP contribution is 2.15. The number of carbonyl (C=O) groups is 1. The summed E-state index contributed by atoms with van der Waals surface area (Å²) >= 11 is 1.19. The van der Waals surface area contributed by atoms with Gasteiger partial charge in [-0.05, 0) is 39.8 Å². The highest BCUT2D eigenvalue weighted by Gasteiger charge is 2.20. The first kappa shape index (κ1) is 16.5. The Bertz CT molecular complexity index is 719. The molecule has 0 aliphatic heterocycles. The molecular formula is C15H20N4O2S. The first-order chi connectivity index (χ1) is 10.4. The van der Waals surface area contributed by atoms with E-state index >= 15 is 0 Å². The Labute approximate surface area is 133 Å². The van der Waals surface area contributed by atoms with Gasteiger partial charge in [0.25, 0.3) is 0 Å². The van der Waals surface area contributed by atoms with Gasteiger partial charge in [0.1, 0.15) is 5.65 Å². The van der Waals surface area contributed by atoms with Crippen molar-refractivity contribution in [1.29, 1.82) is 0 Å². The lowest BCUT2D eigenvalue weighted by atomic mass is 10.2.